The fourth-order valence-corrected chi connectivity index (χ4v) is 4.29. The van der Waals surface area contributed by atoms with Gasteiger partial charge in [0.2, 0.25) is 0 Å². The van der Waals surface area contributed by atoms with Crippen molar-refractivity contribution in [2.45, 2.75) is 0 Å². The van der Waals surface area contributed by atoms with Crippen LogP contribution in [0.1, 0.15) is 0 Å². The highest BCUT2D eigenvalue weighted by Crippen LogP contribution is 2.51. The van der Waals surface area contributed by atoms with Gasteiger partial charge in [-0.15, -0.1) is 23.2 Å². The van der Waals surface area contributed by atoms with Crippen molar-refractivity contribution in [3.05, 3.63) is 60.7 Å². The number of benzene rings is 2. The summed E-state index contributed by atoms with van der Waals surface area (Å²) in [6.45, 7) is 0.677. The zero-order valence-electron chi connectivity index (χ0n) is 12.5. The van der Waals surface area contributed by atoms with Crippen LogP contribution in [0.15, 0.2) is 60.7 Å². The highest BCUT2D eigenvalue weighted by atomic mass is 35.5. The molecule has 0 unspecified atom stereocenters. The van der Waals surface area contributed by atoms with E-state index in [9.17, 15) is 4.57 Å². The normalized spacial score (nSPS) is 11.4. The van der Waals surface area contributed by atoms with Crippen LogP contribution < -0.4 is 9.05 Å². The van der Waals surface area contributed by atoms with Gasteiger partial charge in [-0.3, -0.25) is 0 Å². The van der Waals surface area contributed by atoms with Gasteiger partial charge in [-0.25, -0.2) is 4.57 Å². The summed E-state index contributed by atoms with van der Waals surface area (Å²) in [5.74, 6) is 1.50. The standard InChI is InChI=1S/C16H18Cl2NO3P/c17-11-13-19(14-12-18)23(20,21-15-7-3-1-4-8-15)22-16-9-5-2-6-10-16/h1-10H,11-14H2. The van der Waals surface area contributed by atoms with Crippen molar-refractivity contribution in [3.8, 4) is 11.5 Å². The largest absolute Gasteiger partial charge is 0.515 e. The molecular formula is C16H18Cl2NO3P. The molecule has 0 spiro atoms. The molecule has 0 atom stereocenters. The second kappa shape index (κ2) is 9.19. The van der Waals surface area contributed by atoms with Gasteiger partial charge in [0, 0.05) is 24.8 Å². The van der Waals surface area contributed by atoms with Crippen LogP contribution in [0.3, 0.4) is 0 Å². The van der Waals surface area contributed by atoms with Crippen LogP contribution >= 0.6 is 30.9 Å². The van der Waals surface area contributed by atoms with Crippen molar-refractivity contribution in [2.24, 2.45) is 0 Å². The Morgan fingerprint density at radius 3 is 1.52 bits per heavy atom. The number of hydrogen-bond donors (Lipinski definition) is 0. The molecule has 0 aliphatic rings. The molecule has 124 valence electrons. The molecule has 2 rings (SSSR count). The lowest BCUT2D eigenvalue weighted by atomic mass is 10.3. The molecule has 4 nitrogen and oxygen atoms in total. The average Bonchev–Trinajstić information content (AvgIpc) is 2.56. The van der Waals surface area contributed by atoms with Gasteiger partial charge in [-0.05, 0) is 24.3 Å². The van der Waals surface area contributed by atoms with Crippen LogP contribution in [0.25, 0.3) is 0 Å². The highest BCUT2D eigenvalue weighted by molar-refractivity contribution is 7.52. The molecule has 0 radical (unpaired) electrons. The molecule has 0 aliphatic heterocycles. The van der Waals surface area contributed by atoms with E-state index >= 15 is 0 Å². The van der Waals surface area contributed by atoms with E-state index in [0.717, 1.165) is 0 Å². The molecule has 2 aromatic carbocycles. The number of hydrogen-bond acceptors (Lipinski definition) is 3. The Morgan fingerprint density at radius 2 is 1.17 bits per heavy atom. The molecule has 0 fully saturated rings. The second-order valence-electron chi connectivity index (χ2n) is 4.61. The minimum atomic E-state index is -3.64. The summed E-state index contributed by atoms with van der Waals surface area (Å²) < 4.78 is 26.4. The first-order valence-electron chi connectivity index (χ1n) is 7.14. The fourth-order valence-electron chi connectivity index (χ4n) is 1.92. The monoisotopic (exact) mass is 373 g/mol. The molecule has 23 heavy (non-hydrogen) atoms. The lowest BCUT2D eigenvalue weighted by molar-refractivity contribution is 0.296. The van der Waals surface area contributed by atoms with E-state index in [1.807, 2.05) is 12.1 Å². The predicted octanol–water partition coefficient (Wildman–Crippen LogP) is 5.03. The minimum Gasteiger partial charge on any atom is -0.404 e. The van der Waals surface area contributed by atoms with Gasteiger partial charge in [0.25, 0.3) is 0 Å². The summed E-state index contributed by atoms with van der Waals surface area (Å²) in [6.07, 6.45) is 0. The van der Waals surface area contributed by atoms with Crippen molar-refractivity contribution in [3.63, 3.8) is 0 Å². The van der Waals surface area contributed by atoms with Gasteiger partial charge in [-0.2, -0.15) is 4.67 Å². The number of alkyl halides is 2. The van der Waals surface area contributed by atoms with Crippen molar-refractivity contribution in [2.75, 3.05) is 24.8 Å². The maximum atomic E-state index is 13.4. The lowest BCUT2D eigenvalue weighted by Gasteiger charge is -2.29. The van der Waals surface area contributed by atoms with Crippen LogP contribution in [0, 0.1) is 0 Å². The maximum Gasteiger partial charge on any atom is 0.515 e. The third-order valence-corrected chi connectivity index (χ3v) is 5.27. The van der Waals surface area contributed by atoms with Gasteiger partial charge in [0.05, 0.1) is 0 Å². The number of halogens is 2. The summed E-state index contributed by atoms with van der Waals surface area (Å²) in [4.78, 5) is 0. The van der Waals surface area contributed by atoms with Crippen LogP contribution in [0.5, 0.6) is 11.5 Å². The Labute approximate surface area is 146 Å². The first kappa shape index (κ1) is 18.2. The first-order chi connectivity index (χ1) is 11.2. The molecule has 0 aliphatic carbocycles. The SMILES string of the molecule is O=P(Oc1ccccc1)(Oc1ccccc1)N(CCCl)CCCl. The number of para-hydroxylation sites is 2. The third kappa shape index (κ3) is 5.43. The Kier molecular flexibility index (Phi) is 7.25. The summed E-state index contributed by atoms with van der Waals surface area (Å²) in [7, 11) is -3.64. The fraction of sp³-hybridized carbons (Fsp3) is 0.250. The third-order valence-electron chi connectivity index (χ3n) is 2.96. The van der Waals surface area contributed by atoms with Crippen LogP contribution in [-0.2, 0) is 4.57 Å². The Bertz CT molecular complexity index is 576. The molecule has 0 heterocycles. The predicted molar refractivity (Wildman–Crippen MR) is 94.8 cm³/mol. The molecule has 0 saturated heterocycles. The van der Waals surface area contributed by atoms with E-state index in [-0.39, 0.29) is 11.8 Å². The van der Waals surface area contributed by atoms with E-state index in [1.165, 1.54) is 0 Å². The Hall–Kier alpha value is -1.19. The van der Waals surface area contributed by atoms with Gasteiger partial charge in [0.15, 0.2) is 0 Å². The van der Waals surface area contributed by atoms with Crippen LogP contribution in [-0.4, -0.2) is 29.5 Å². The summed E-state index contributed by atoms with van der Waals surface area (Å²) >= 11 is 11.7. The Balaban J connectivity index is 2.30. The smallest absolute Gasteiger partial charge is 0.404 e. The summed E-state index contributed by atoms with van der Waals surface area (Å²) in [6, 6.07) is 17.8. The van der Waals surface area contributed by atoms with Gasteiger partial charge >= 0.3 is 7.75 Å². The van der Waals surface area contributed by atoms with Gasteiger partial charge < -0.3 is 9.05 Å². The van der Waals surface area contributed by atoms with Gasteiger partial charge in [0.1, 0.15) is 11.5 Å². The van der Waals surface area contributed by atoms with E-state index in [2.05, 4.69) is 0 Å². The highest BCUT2D eigenvalue weighted by Gasteiger charge is 2.36. The molecule has 7 heteroatoms. The van der Waals surface area contributed by atoms with Crippen molar-refractivity contribution in [1.29, 1.82) is 0 Å². The topological polar surface area (TPSA) is 38.8 Å². The molecule has 0 saturated carbocycles. The molecular weight excluding hydrogens is 356 g/mol. The van der Waals surface area contributed by atoms with Crippen LogP contribution in [0.4, 0.5) is 0 Å². The van der Waals surface area contributed by atoms with Crippen molar-refractivity contribution in [1.82, 2.24) is 4.67 Å². The van der Waals surface area contributed by atoms with E-state index in [1.54, 1.807) is 53.2 Å². The molecule has 0 N–H and O–H groups in total. The van der Waals surface area contributed by atoms with Crippen molar-refractivity contribution >= 4 is 30.9 Å². The molecule has 0 amide bonds. The lowest BCUT2D eigenvalue weighted by Crippen LogP contribution is -2.29. The number of rotatable bonds is 9. The summed E-state index contributed by atoms with van der Waals surface area (Å²) in [5, 5.41) is 0. The zero-order chi connectivity index (χ0) is 16.5. The zero-order valence-corrected chi connectivity index (χ0v) is 14.9. The van der Waals surface area contributed by atoms with E-state index in [4.69, 9.17) is 32.2 Å². The second-order valence-corrected chi connectivity index (χ2v) is 7.23. The quantitative estimate of drug-likeness (QED) is 0.456. The van der Waals surface area contributed by atoms with E-state index in [0.29, 0.717) is 24.6 Å². The summed E-state index contributed by atoms with van der Waals surface area (Å²) in [5.41, 5.74) is 0. The van der Waals surface area contributed by atoms with E-state index < -0.39 is 7.75 Å². The Morgan fingerprint density at radius 1 is 0.783 bits per heavy atom. The maximum absolute atomic E-state index is 13.4. The van der Waals surface area contributed by atoms with Gasteiger partial charge in [-0.1, -0.05) is 36.4 Å². The number of nitrogens with zero attached hydrogens (tertiary/aromatic N) is 1. The molecule has 0 bridgehead atoms. The first-order valence-corrected chi connectivity index (χ1v) is 9.71. The van der Waals surface area contributed by atoms with Crippen molar-refractivity contribution < 1.29 is 13.6 Å². The van der Waals surface area contributed by atoms with Crippen LogP contribution in [0.2, 0.25) is 0 Å². The minimum absolute atomic E-state index is 0.289. The average molecular weight is 374 g/mol. The molecule has 0 aromatic heterocycles. The molecule has 2 aromatic rings.